The van der Waals surface area contributed by atoms with Gasteiger partial charge in [-0.05, 0) is 47.0 Å². The molecule has 0 saturated heterocycles. The molecule has 0 bridgehead atoms. The molecular formula is C27H18N4OS2. The molecule has 3 aromatic heterocycles. The van der Waals surface area contributed by atoms with Gasteiger partial charge in [-0.15, -0.1) is 21.5 Å². The van der Waals surface area contributed by atoms with Gasteiger partial charge in [-0.25, -0.2) is 0 Å². The van der Waals surface area contributed by atoms with Crippen molar-refractivity contribution in [2.24, 2.45) is 0 Å². The summed E-state index contributed by atoms with van der Waals surface area (Å²) in [7, 11) is 0. The van der Waals surface area contributed by atoms with E-state index < -0.39 is 0 Å². The zero-order valence-electron chi connectivity index (χ0n) is 17.9. The Bertz CT molecular complexity index is 1640. The maximum Gasteiger partial charge on any atom is 0.263 e. The number of benzene rings is 3. The number of rotatable bonds is 5. The molecule has 164 valence electrons. The lowest BCUT2D eigenvalue weighted by molar-refractivity contribution is 0.886. The summed E-state index contributed by atoms with van der Waals surface area (Å²) in [6, 6.07) is 31.9. The van der Waals surface area contributed by atoms with Crippen LogP contribution in [0.2, 0.25) is 0 Å². The zero-order chi connectivity index (χ0) is 22.9. The third-order valence-electron chi connectivity index (χ3n) is 5.52. The van der Waals surface area contributed by atoms with E-state index in [1.807, 2.05) is 107 Å². The van der Waals surface area contributed by atoms with Crippen molar-refractivity contribution < 1.29 is 0 Å². The average Bonchev–Trinajstić information content (AvgIpc) is 3.56. The standard InChI is InChI=1S/C27H18N4OS2/c32-26-24(23(18-10-3-1-4-11-18)20-14-7-8-15-21(20)28-26)34-27-30-29-25(22-16-9-17-33-22)31(27)19-12-5-2-6-13-19/h1-17H,(H,28,32). The molecule has 6 rings (SSSR count). The molecule has 0 aliphatic carbocycles. The molecule has 0 aliphatic rings. The van der Waals surface area contributed by atoms with Crippen molar-refractivity contribution in [2.45, 2.75) is 10.1 Å². The summed E-state index contributed by atoms with van der Waals surface area (Å²) >= 11 is 2.95. The van der Waals surface area contributed by atoms with Crippen LogP contribution in [0.1, 0.15) is 0 Å². The van der Waals surface area contributed by atoms with Crippen LogP contribution in [0.15, 0.2) is 117 Å². The minimum atomic E-state index is -0.150. The van der Waals surface area contributed by atoms with E-state index in [4.69, 9.17) is 0 Å². The molecule has 0 radical (unpaired) electrons. The fourth-order valence-electron chi connectivity index (χ4n) is 4.02. The van der Waals surface area contributed by atoms with Crippen LogP contribution in [0.5, 0.6) is 0 Å². The van der Waals surface area contributed by atoms with E-state index in [0.717, 1.165) is 38.4 Å². The third kappa shape index (κ3) is 3.65. The van der Waals surface area contributed by atoms with Crippen molar-refractivity contribution in [3.63, 3.8) is 0 Å². The Kier molecular flexibility index (Phi) is 5.33. The maximum atomic E-state index is 13.4. The number of hydrogen-bond donors (Lipinski definition) is 1. The van der Waals surface area contributed by atoms with Crippen LogP contribution in [0.3, 0.4) is 0 Å². The number of nitrogens with one attached hydrogen (secondary N) is 1. The zero-order valence-corrected chi connectivity index (χ0v) is 19.5. The summed E-state index contributed by atoms with van der Waals surface area (Å²) in [5, 5.41) is 12.7. The summed E-state index contributed by atoms with van der Waals surface area (Å²) in [6.07, 6.45) is 0. The number of nitrogens with zero attached hydrogens (tertiary/aromatic N) is 3. The molecule has 0 fully saturated rings. The minimum Gasteiger partial charge on any atom is -0.321 e. The molecule has 0 spiro atoms. The fourth-order valence-corrected chi connectivity index (χ4v) is 5.74. The van der Waals surface area contributed by atoms with Crippen LogP contribution in [-0.2, 0) is 0 Å². The molecule has 0 unspecified atom stereocenters. The van der Waals surface area contributed by atoms with Gasteiger partial charge in [-0.2, -0.15) is 0 Å². The van der Waals surface area contributed by atoms with Gasteiger partial charge in [0.05, 0.1) is 9.77 Å². The summed E-state index contributed by atoms with van der Waals surface area (Å²) in [4.78, 5) is 18.0. The van der Waals surface area contributed by atoms with Crippen molar-refractivity contribution >= 4 is 34.0 Å². The lowest BCUT2D eigenvalue weighted by Gasteiger charge is -2.13. The number of para-hydroxylation sites is 2. The molecule has 3 heterocycles. The van der Waals surface area contributed by atoms with Crippen molar-refractivity contribution in [3.05, 3.63) is 113 Å². The van der Waals surface area contributed by atoms with Crippen molar-refractivity contribution in [1.82, 2.24) is 19.7 Å². The summed E-state index contributed by atoms with van der Waals surface area (Å²) in [5.41, 5.74) is 3.47. The van der Waals surface area contributed by atoms with Gasteiger partial charge in [0, 0.05) is 22.2 Å². The van der Waals surface area contributed by atoms with E-state index in [1.54, 1.807) is 11.3 Å². The van der Waals surface area contributed by atoms with Gasteiger partial charge in [0.1, 0.15) is 0 Å². The van der Waals surface area contributed by atoms with Crippen LogP contribution in [0, 0.1) is 0 Å². The minimum absolute atomic E-state index is 0.150. The predicted molar refractivity (Wildman–Crippen MR) is 139 cm³/mol. The van der Waals surface area contributed by atoms with Crippen LogP contribution in [0.25, 0.3) is 38.4 Å². The number of pyridine rings is 1. The number of H-pyrrole nitrogens is 1. The van der Waals surface area contributed by atoms with Crippen molar-refractivity contribution in [1.29, 1.82) is 0 Å². The highest BCUT2D eigenvalue weighted by molar-refractivity contribution is 7.99. The third-order valence-corrected chi connectivity index (χ3v) is 7.43. The van der Waals surface area contributed by atoms with Gasteiger partial charge in [-0.3, -0.25) is 9.36 Å². The molecular weight excluding hydrogens is 460 g/mol. The summed E-state index contributed by atoms with van der Waals surface area (Å²) < 4.78 is 2.01. The molecule has 5 nitrogen and oxygen atoms in total. The largest absolute Gasteiger partial charge is 0.321 e. The molecule has 7 heteroatoms. The predicted octanol–water partition coefficient (Wildman–Crippen LogP) is 6.66. The fraction of sp³-hybridized carbons (Fsp3) is 0. The molecule has 34 heavy (non-hydrogen) atoms. The van der Waals surface area contributed by atoms with Crippen LogP contribution < -0.4 is 5.56 Å². The Morgan fingerprint density at radius 2 is 1.53 bits per heavy atom. The highest BCUT2D eigenvalue weighted by atomic mass is 32.2. The van der Waals surface area contributed by atoms with Gasteiger partial charge >= 0.3 is 0 Å². The number of thiophene rings is 1. The van der Waals surface area contributed by atoms with Crippen LogP contribution in [-0.4, -0.2) is 19.7 Å². The Balaban J connectivity index is 1.59. The van der Waals surface area contributed by atoms with Gasteiger partial charge in [-0.1, -0.05) is 72.8 Å². The van der Waals surface area contributed by atoms with E-state index >= 15 is 0 Å². The van der Waals surface area contributed by atoms with Gasteiger partial charge in [0.2, 0.25) is 5.16 Å². The van der Waals surface area contributed by atoms with Crippen molar-refractivity contribution in [2.75, 3.05) is 0 Å². The second-order valence-corrected chi connectivity index (χ2v) is 9.55. The van der Waals surface area contributed by atoms with Crippen LogP contribution >= 0.6 is 23.1 Å². The molecule has 0 aliphatic heterocycles. The summed E-state index contributed by atoms with van der Waals surface area (Å²) in [6.45, 7) is 0. The molecule has 3 aromatic carbocycles. The van der Waals surface area contributed by atoms with Crippen molar-refractivity contribution in [3.8, 4) is 27.5 Å². The first-order chi connectivity index (χ1) is 16.8. The number of hydrogen-bond acceptors (Lipinski definition) is 5. The maximum absolute atomic E-state index is 13.4. The van der Waals surface area contributed by atoms with Crippen LogP contribution in [0.4, 0.5) is 0 Å². The van der Waals surface area contributed by atoms with E-state index in [-0.39, 0.29) is 5.56 Å². The summed E-state index contributed by atoms with van der Waals surface area (Å²) in [5.74, 6) is 0.752. The SMILES string of the molecule is O=c1[nH]c2ccccc2c(-c2ccccc2)c1Sc1nnc(-c2cccs2)n1-c1ccccc1. The van der Waals surface area contributed by atoms with Gasteiger partial charge < -0.3 is 4.98 Å². The molecule has 0 atom stereocenters. The lowest BCUT2D eigenvalue weighted by atomic mass is 10.0. The Labute approximate surface area is 203 Å². The number of fused-ring (bicyclic) bond motifs is 1. The quantitative estimate of drug-likeness (QED) is 0.301. The number of aromatic nitrogens is 4. The lowest BCUT2D eigenvalue weighted by Crippen LogP contribution is -2.11. The first-order valence-electron chi connectivity index (χ1n) is 10.7. The number of aromatic amines is 1. The van der Waals surface area contributed by atoms with E-state index in [1.165, 1.54) is 11.8 Å². The molecule has 1 N–H and O–H groups in total. The molecule has 6 aromatic rings. The highest BCUT2D eigenvalue weighted by Gasteiger charge is 2.22. The monoisotopic (exact) mass is 478 g/mol. The second kappa shape index (κ2) is 8.78. The molecule has 0 saturated carbocycles. The Morgan fingerprint density at radius 1 is 0.794 bits per heavy atom. The highest BCUT2D eigenvalue weighted by Crippen LogP contribution is 2.39. The van der Waals surface area contributed by atoms with E-state index in [2.05, 4.69) is 15.2 Å². The van der Waals surface area contributed by atoms with E-state index in [0.29, 0.717) is 10.1 Å². The Hall–Kier alpha value is -3.94. The first-order valence-corrected chi connectivity index (χ1v) is 12.4. The Morgan fingerprint density at radius 3 is 2.29 bits per heavy atom. The smallest absolute Gasteiger partial charge is 0.263 e. The average molecular weight is 479 g/mol. The molecule has 0 amide bonds. The van der Waals surface area contributed by atoms with Gasteiger partial charge in [0.15, 0.2) is 5.82 Å². The van der Waals surface area contributed by atoms with Gasteiger partial charge in [0.25, 0.3) is 5.56 Å². The van der Waals surface area contributed by atoms with E-state index in [9.17, 15) is 4.79 Å². The second-order valence-electron chi connectivity index (χ2n) is 7.63. The topological polar surface area (TPSA) is 63.6 Å². The first kappa shape index (κ1) is 20.7. The normalized spacial score (nSPS) is 11.2.